The van der Waals surface area contributed by atoms with Crippen LogP contribution in [0.1, 0.15) is 38.2 Å². The van der Waals surface area contributed by atoms with Gasteiger partial charge < -0.3 is 10.5 Å². The number of ketones is 1. The Morgan fingerprint density at radius 2 is 1.94 bits per heavy atom. The summed E-state index contributed by atoms with van der Waals surface area (Å²) < 4.78 is 20.4. The molecule has 0 saturated heterocycles. The minimum atomic E-state index is -0.620. The first-order valence-electron chi connectivity index (χ1n) is 10.8. The Balaban J connectivity index is 1.92. The maximum Gasteiger partial charge on any atom is 0.162 e. The molecule has 1 aliphatic carbocycles. The zero-order valence-electron chi connectivity index (χ0n) is 18.8. The average molecular weight is 444 g/mol. The van der Waals surface area contributed by atoms with Gasteiger partial charge in [-0.1, -0.05) is 50.8 Å². The third-order valence-corrected chi connectivity index (χ3v) is 6.06. The van der Waals surface area contributed by atoms with Gasteiger partial charge in [-0.2, -0.15) is 5.26 Å². The van der Waals surface area contributed by atoms with E-state index in [9.17, 15) is 14.4 Å². The van der Waals surface area contributed by atoms with Crippen LogP contribution in [0.3, 0.4) is 0 Å². The van der Waals surface area contributed by atoms with Crippen molar-refractivity contribution in [1.29, 1.82) is 5.26 Å². The van der Waals surface area contributed by atoms with Crippen LogP contribution in [-0.4, -0.2) is 12.4 Å². The van der Waals surface area contributed by atoms with Gasteiger partial charge in [-0.05, 0) is 41.7 Å². The van der Waals surface area contributed by atoms with E-state index in [2.05, 4.69) is 12.6 Å². The summed E-state index contributed by atoms with van der Waals surface area (Å²) in [5, 5.41) is 10.1. The molecule has 0 aromatic heterocycles. The van der Waals surface area contributed by atoms with Crippen molar-refractivity contribution in [3.63, 3.8) is 0 Å². The van der Waals surface area contributed by atoms with Gasteiger partial charge >= 0.3 is 0 Å². The van der Waals surface area contributed by atoms with Crippen LogP contribution in [0.15, 0.2) is 83.9 Å². The van der Waals surface area contributed by atoms with Crippen LogP contribution in [-0.2, 0) is 4.79 Å². The van der Waals surface area contributed by atoms with Crippen LogP contribution in [0.4, 0.5) is 10.1 Å². The number of anilines is 1. The molecule has 6 heteroatoms. The van der Waals surface area contributed by atoms with Crippen LogP contribution in [0.2, 0.25) is 0 Å². The van der Waals surface area contributed by atoms with E-state index in [0.717, 1.165) is 5.56 Å². The Morgan fingerprint density at radius 1 is 1.24 bits per heavy atom. The third-order valence-electron chi connectivity index (χ3n) is 6.06. The number of allylic oxidation sites excluding steroid dienone is 3. The predicted octanol–water partition coefficient (Wildman–Crippen LogP) is 5.33. The minimum absolute atomic E-state index is 0.0557. The number of halogens is 1. The molecular formula is C27H26FN3O2. The highest BCUT2D eigenvalue weighted by Crippen LogP contribution is 2.50. The highest BCUT2D eigenvalue weighted by atomic mass is 19.1. The van der Waals surface area contributed by atoms with Crippen LogP contribution < -0.4 is 15.4 Å². The SMILES string of the molecule is C=CCOc1ccc(C2C(C#N)=C(N)N(c3ccccc3F)C3=C2C(=O)CC(C)(C)C3)cc1. The number of carbonyl (C=O) groups excluding carboxylic acids is 1. The highest BCUT2D eigenvalue weighted by molar-refractivity contribution is 6.01. The van der Waals surface area contributed by atoms with Gasteiger partial charge in [-0.3, -0.25) is 9.69 Å². The molecule has 0 radical (unpaired) electrons. The standard InChI is InChI=1S/C27H26FN3O2/c1-4-13-33-18-11-9-17(10-12-18)24-19(16-29)26(30)31(21-8-6-5-7-20(21)28)22-14-27(2,3)15-23(32)25(22)24/h4-12,24H,1,13-15,30H2,2-3H3. The molecule has 2 aliphatic rings. The molecule has 1 aliphatic heterocycles. The fourth-order valence-electron chi connectivity index (χ4n) is 4.66. The molecule has 2 N–H and O–H groups in total. The third kappa shape index (κ3) is 4.03. The number of hydrogen-bond donors (Lipinski definition) is 1. The molecule has 0 amide bonds. The molecule has 4 rings (SSSR count). The van der Waals surface area contributed by atoms with Crippen molar-refractivity contribution < 1.29 is 13.9 Å². The van der Waals surface area contributed by atoms with E-state index in [1.54, 1.807) is 41.3 Å². The molecule has 0 bridgehead atoms. The fraction of sp³-hybridized carbons (Fsp3) is 0.259. The quantitative estimate of drug-likeness (QED) is 0.632. The maximum absolute atomic E-state index is 14.9. The number of nitrogens with two attached hydrogens (primary N) is 1. The normalized spacial score (nSPS) is 19.8. The zero-order valence-corrected chi connectivity index (χ0v) is 18.8. The summed E-state index contributed by atoms with van der Waals surface area (Å²) in [7, 11) is 0. The molecule has 33 heavy (non-hydrogen) atoms. The van der Waals surface area contributed by atoms with Gasteiger partial charge in [0.1, 0.15) is 24.0 Å². The van der Waals surface area contributed by atoms with Crippen molar-refractivity contribution >= 4 is 11.5 Å². The van der Waals surface area contributed by atoms with Gasteiger partial charge in [-0.25, -0.2) is 4.39 Å². The van der Waals surface area contributed by atoms with Crippen molar-refractivity contribution in [1.82, 2.24) is 0 Å². The Kier molecular flexibility index (Phi) is 5.82. The molecule has 2 aromatic carbocycles. The molecular weight excluding hydrogens is 417 g/mol. The molecule has 1 heterocycles. The van der Waals surface area contributed by atoms with Gasteiger partial charge in [0.25, 0.3) is 0 Å². The van der Waals surface area contributed by atoms with Crippen LogP contribution >= 0.6 is 0 Å². The summed E-state index contributed by atoms with van der Waals surface area (Å²) in [6, 6.07) is 15.7. The number of para-hydroxylation sites is 1. The molecule has 1 atom stereocenters. The van der Waals surface area contributed by atoms with E-state index in [-0.39, 0.29) is 28.3 Å². The second kappa shape index (κ2) is 8.59. The van der Waals surface area contributed by atoms with Gasteiger partial charge in [0.2, 0.25) is 0 Å². The monoisotopic (exact) mass is 443 g/mol. The van der Waals surface area contributed by atoms with Crippen molar-refractivity contribution in [3.8, 4) is 11.8 Å². The summed E-state index contributed by atoms with van der Waals surface area (Å²) in [6.45, 7) is 8.04. The number of carbonyl (C=O) groups is 1. The summed E-state index contributed by atoms with van der Waals surface area (Å²) in [4.78, 5) is 15.0. The van der Waals surface area contributed by atoms with E-state index >= 15 is 0 Å². The Morgan fingerprint density at radius 3 is 2.58 bits per heavy atom. The number of Topliss-reactive ketones (excluding diaryl/α,β-unsaturated/α-hetero) is 1. The molecule has 0 saturated carbocycles. The molecule has 0 fully saturated rings. The average Bonchev–Trinajstić information content (AvgIpc) is 2.77. The number of rotatable bonds is 5. The van der Waals surface area contributed by atoms with E-state index in [4.69, 9.17) is 10.5 Å². The number of benzene rings is 2. The number of ether oxygens (including phenoxy) is 1. The maximum atomic E-state index is 14.9. The zero-order chi connectivity index (χ0) is 23.8. The van der Waals surface area contributed by atoms with Gasteiger partial charge in [0.15, 0.2) is 5.78 Å². The number of nitrogens with zero attached hydrogens (tertiary/aromatic N) is 2. The van der Waals surface area contributed by atoms with Gasteiger partial charge in [-0.15, -0.1) is 0 Å². The summed E-state index contributed by atoms with van der Waals surface area (Å²) >= 11 is 0. The van der Waals surface area contributed by atoms with Gasteiger partial charge in [0, 0.05) is 17.7 Å². The van der Waals surface area contributed by atoms with Crippen molar-refractivity contribution in [2.45, 2.75) is 32.6 Å². The topological polar surface area (TPSA) is 79.3 Å². The molecule has 1 unspecified atom stereocenters. The number of nitriles is 1. The summed E-state index contributed by atoms with van der Waals surface area (Å²) in [6.07, 6.45) is 2.52. The lowest BCUT2D eigenvalue weighted by molar-refractivity contribution is -0.118. The fourth-order valence-corrected chi connectivity index (χ4v) is 4.66. The number of hydrogen-bond acceptors (Lipinski definition) is 5. The molecule has 5 nitrogen and oxygen atoms in total. The van der Waals surface area contributed by atoms with Gasteiger partial charge in [0.05, 0.1) is 23.2 Å². The summed E-state index contributed by atoms with van der Waals surface area (Å²) in [5.74, 6) is -0.348. The van der Waals surface area contributed by atoms with E-state index in [1.165, 1.54) is 6.07 Å². The first-order chi connectivity index (χ1) is 15.8. The Labute approximate surface area is 193 Å². The largest absolute Gasteiger partial charge is 0.490 e. The lowest BCUT2D eigenvalue weighted by atomic mass is 9.68. The van der Waals surface area contributed by atoms with Crippen molar-refractivity contribution in [2.75, 3.05) is 11.5 Å². The van der Waals surface area contributed by atoms with Crippen molar-refractivity contribution in [2.24, 2.45) is 11.1 Å². The second-order valence-electron chi connectivity index (χ2n) is 9.10. The van der Waals surface area contributed by atoms with Crippen LogP contribution in [0, 0.1) is 22.6 Å². The smallest absolute Gasteiger partial charge is 0.162 e. The first kappa shape index (κ1) is 22.3. The molecule has 2 aromatic rings. The lowest BCUT2D eigenvalue weighted by Gasteiger charge is -2.43. The van der Waals surface area contributed by atoms with Crippen molar-refractivity contribution in [3.05, 3.63) is 95.2 Å². The molecule has 0 spiro atoms. The van der Waals surface area contributed by atoms with E-state index in [1.807, 2.05) is 26.0 Å². The molecule has 168 valence electrons. The van der Waals surface area contributed by atoms with E-state index < -0.39 is 11.7 Å². The highest BCUT2D eigenvalue weighted by Gasteiger charge is 2.45. The first-order valence-corrected chi connectivity index (χ1v) is 10.8. The lowest BCUT2D eigenvalue weighted by Crippen LogP contribution is -2.42. The Hall–Kier alpha value is -3.85. The van der Waals surface area contributed by atoms with E-state index in [0.29, 0.717) is 36.5 Å². The minimum Gasteiger partial charge on any atom is -0.490 e. The summed E-state index contributed by atoms with van der Waals surface area (Å²) in [5.41, 5.74) is 8.58. The predicted molar refractivity (Wildman–Crippen MR) is 126 cm³/mol. The van der Waals surface area contributed by atoms with Crippen LogP contribution in [0.5, 0.6) is 5.75 Å². The van der Waals surface area contributed by atoms with Crippen LogP contribution in [0.25, 0.3) is 0 Å². The Bertz CT molecular complexity index is 1220. The second-order valence-corrected chi connectivity index (χ2v) is 9.10.